The van der Waals surface area contributed by atoms with Gasteiger partial charge in [-0.05, 0) is 48.7 Å². The van der Waals surface area contributed by atoms with Crippen LogP contribution in [0.4, 0.5) is 4.39 Å². The van der Waals surface area contributed by atoms with Crippen molar-refractivity contribution in [1.82, 2.24) is 20.3 Å². The lowest BCUT2D eigenvalue weighted by Gasteiger charge is -2.05. The van der Waals surface area contributed by atoms with Gasteiger partial charge in [-0.2, -0.15) is 15.0 Å². The quantitative estimate of drug-likeness (QED) is 0.433. The van der Waals surface area contributed by atoms with E-state index in [2.05, 4.69) is 36.5 Å². The molecule has 0 atom stereocenters. The first-order chi connectivity index (χ1) is 14.7. The lowest BCUT2D eigenvalue weighted by Crippen LogP contribution is -2.17. The number of halogens is 1. The number of aromatic nitrogens is 3. The molecule has 3 aromatic carbocycles. The summed E-state index contributed by atoms with van der Waals surface area (Å²) in [5.74, 6) is -0.204. The van der Waals surface area contributed by atoms with Crippen LogP contribution in [-0.2, 0) is 19.5 Å². The highest BCUT2D eigenvalue weighted by atomic mass is 19.1. The van der Waals surface area contributed by atoms with E-state index in [0.29, 0.717) is 13.1 Å². The summed E-state index contributed by atoms with van der Waals surface area (Å²) in [6.07, 6.45) is 0.832. The van der Waals surface area contributed by atoms with Crippen LogP contribution in [0.5, 0.6) is 0 Å². The largest absolute Gasteiger partial charge is 0.311 e. The Morgan fingerprint density at radius 1 is 0.867 bits per heavy atom. The van der Waals surface area contributed by atoms with Gasteiger partial charge in [0.15, 0.2) is 0 Å². The van der Waals surface area contributed by atoms with E-state index in [-0.39, 0.29) is 5.82 Å². The third-order valence-corrected chi connectivity index (χ3v) is 5.14. The minimum Gasteiger partial charge on any atom is -0.311 e. The van der Waals surface area contributed by atoms with E-state index in [9.17, 15) is 4.39 Å². The van der Waals surface area contributed by atoms with Gasteiger partial charge in [0.05, 0.1) is 6.54 Å². The van der Waals surface area contributed by atoms with Crippen molar-refractivity contribution < 1.29 is 4.39 Å². The summed E-state index contributed by atoms with van der Waals surface area (Å²) < 4.78 is 13.1. The highest BCUT2D eigenvalue weighted by Crippen LogP contribution is 2.20. The Morgan fingerprint density at radius 2 is 1.60 bits per heavy atom. The minimum atomic E-state index is -0.204. The molecule has 1 aromatic heterocycles. The van der Waals surface area contributed by atoms with E-state index in [0.717, 1.165) is 35.5 Å². The molecule has 0 bridgehead atoms. The molecule has 0 saturated carbocycles. The highest BCUT2D eigenvalue weighted by molar-refractivity contribution is 5.60. The van der Waals surface area contributed by atoms with Crippen LogP contribution in [0.1, 0.15) is 22.4 Å². The van der Waals surface area contributed by atoms with Crippen molar-refractivity contribution in [2.24, 2.45) is 0 Å². The summed E-state index contributed by atoms with van der Waals surface area (Å²) >= 11 is 0. The van der Waals surface area contributed by atoms with Gasteiger partial charge in [0.2, 0.25) is 0 Å². The fourth-order valence-corrected chi connectivity index (χ4v) is 3.42. The molecule has 4 aromatic rings. The number of nitrogens with one attached hydrogen (secondary N) is 1. The minimum absolute atomic E-state index is 0.204. The molecule has 152 valence electrons. The summed E-state index contributed by atoms with van der Waals surface area (Å²) in [7, 11) is 0. The lowest BCUT2D eigenvalue weighted by atomic mass is 10.1. The Labute approximate surface area is 176 Å². The highest BCUT2D eigenvalue weighted by Gasteiger charge is 2.13. The van der Waals surface area contributed by atoms with Crippen LogP contribution in [0.15, 0.2) is 78.9 Å². The Morgan fingerprint density at radius 3 is 2.37 bits per heavy atom. The maximum Gasteiger partial charge on any atom is 0.123 e. The third-order valence-electron chi connectivity index (χ3n) is 5.14. The predicted molar refractivity (Wildman–Crippen MR) is 118 cm³/mol. The maximum atomic E-state index is 13.1. The zero-order chi connectivity index (χ0) is 20.8. The standard InChI is InChI=1S/C25H25FN4/c1-19-7-5-6-10-22(19)18-30-28-24(25(29-30)21-8-3-2-4-9-21)17-27-16-15-20-11-13-23(26)14-12-20/h2-14,27H,15-18H2,1H3. The van der Waals surface area contributed by atoms with E-state index >= 15 is 0 Å². The zero-order valence-electron chi connectivity index (χ0n) is 17.1. The fourth-order valence-electron chi connectivity index (χ4n) is 3.42. The summed E-state index contributed by atoms with van der Waals surface area (Å²) in [4.78, 5) is 1.78. The molecule has 0 unspecified atom stereocenters. The third kappa shape index (κ3) is 4.99. The molecular weight excluding hydrogens is 375 g/mol. The second-order valence-electron chi connectivity index (χ2n) is 7.37. The molecule has 0 radical (unpaired) electrons. The van der Waals surface area contributed by atoms with Crippen LogP contribution in [0.25, 0.3) is 11.3 Å². The molecule has 30 heavy (non-hydrogen) atoms. The number of hydrogen-bond donors (Lipinski definition) is 1. The first-order valence-corrected chi connectivity index (χ1v) is 10.2. The SMILES string of the molecule is Cc1ccccc1Cn1nc(CNCCc2ccc(F)cc2)c(-c2ccccc2)n1. The van der Waals surface area contributed by atoms with E-state index in [1.807, 2.05) is 42.5 Å². The topological polar surface area (TPSA) is 42.7 Å². The second-order valence-corrected chi connectivity index (χ2v) is 7.37. The molecule has 5 heteroatoms. The number of nitrogens with zero attached hydrogens (tertiary/aromatic N) is 3. The summed E-state index contributed by atoms with van der Waals surface area (Å²) in [6, 6.07) is 25.1. The Bertz CT molecular complexity index is 1090. The van der Waals surface area contributed by atoms with Gasteiger partial charge in [0.1, 0.15) is 17.2 Å². The molecule has 1 heterocycles. The van der Waals surface area contributed by atoms with Crippen LogP contribution in [0.3, 0.4) is 0 Å². The van der Waals surface area contributed by atoms with Gasteiger partial charge in [0, 0.05) is 12.1 Å². The maximum absolute atomic E-state index is 13.1. The lowest BCUT2D eigenvalue weighted by molar-refractivity contribution is 0.575. The van der Waals surface area contributed by atoms with Crippen molar-refractivity contribution in [2.45, 2.75) is 26.4 Å². The van der Waals surface area contributed by atoms with Crippen LogP contribution < -0.4 is 5.32 Å². The van der Waals surface area contributed by atoms with Crippen molar-refractivity contribution in [1.29, 1.82) is 0 Å². The average Bonchev–Trinajstić information content (AvgIpc) is 3.17. The monoisotopic (exact) mass is 400 g/mol. The van der Waals surface area contributed by atoms with Crippen molar-refractivity contribution in [3.63, 3.8) is 0 Å². The first kappa shape index (κ1) is 20.0. The first-order valence-electron chi connectivity index (χ1n) is 10.2. The zero-order valence-corrected chi connectivity index (χ0v) is 17.1. The van der Waals surface area contributed by atoms with Gasteiger partial charge in [-0.25, -0.2) is 4.39 Å². The molecule has 0 saturated heterocycles. The second kappa shape index (κ2) is 9.46. The van der Waals surface area contributed by atoms with Crippen molar-refractivity contribution in [2.75, 3.05) is 6.54 Å². The van der Waals surface area contributed by atoms with Crippen molar-refractivity contribution >= 4 is 0 Å². The molecule has 0 amide bonds. The molecule has 0 fully saturated rings. The van der Waals surface area contributed by atoms with Gasteiger partial charge < -0.3 is 5.32 Å². The predicted octanol–water partition coefficient (Wildman–Crippen LogP) is 4.77. The number of benzene rings is 3. The van der Waals surface area contributed by atoms with E-state index in [1.54, 1.807) is 4.80 Å². The van der Waals surface area contributed by atoms with Crippen LogP contribution >= 0.6 is 0 Å². The van der Waals surface area contributed by atoms with Gasteiger partial charge in [-0.3, -0.25) is 0 Å². The van der Waals surface area contributed by atoms with Crippen LogP contribution in [0.2, 0.25) is 0 Å². The smallest absolute Gasteiger partial charge is 0.123 e. The fraction of sp³-hybridized carbons (Fsp3) is 0.200. The van der Waals surface area contributed by atoms with Crippen LogP contribution in [-0.4, -0.2) is 21.5 Å². The van der Waals surface area contributed by atoms with Crippen molar-refractivity contribution in [3.8, 4) is 11.3 Å². The van der Waals surface area contributed by atoms with Crippen LogP contribution in [0, 0.1) is 12.7 Å². The Kier molecular flexibility index (Phi) is 6.30. The number of hydrogen-bond acceptors (Lipinski definition) is 3. The number of rotatable bonds is 8. The Balaban J connectivity index is 1.48. The van der Waals surface area contributed by atoms with E-state index in [4.69, 9.17) is 10.2 Å². The summed E-state index contributed by atoms with van der Waals surface area (Å²) in [5.41, 5.74) is 6.43. The van der Waals surface area contributed by atoms with Gasteiger partial charge >= 0.3 is 0 Å². The van der Waals surface area contributed by atoms with E-state index in [1.165, 1.54) is 23.3 Å². The van der Waals surface area contributed by atoms with E-state index < -0.39 is 0 Å². The molecule has 0 spiro atoms. The van der Waals surface area contributed by atoms with Gasteiger partial charge in [0.25, 0.3) is 0 Å². The normalized spacial score (nSPS) is 11.0. The molecule has 4 rings (SSSR count). The van der Waals surface area contributed by atoms with Gasteiger partial charge in [-0.1, -0.05) is 66.7 Å². The molecule has 0 aliphatic rings. The number of aryl methyl sites for hydroxylation is 1. The molecule has 0 aliphatic carbocycles. The van der Waals surface area contributed by atoms with Crippen molar-refractivity contribution in [3.05, 3.63) is 107 Å². The van der Waals surface area contributed by atoms with Gasteiger partial charge in [-0.15, -0.1) is 0 Å². The molecule has 0 aliphatic heterocycles. The molecule has 1 N–H and O–H groups in total. The Hall–Kier alpha value is -3.31. The summed E-state index contributed by atoms with van der Waals surface area (Å²) in [5, 5.41) is 13.0. The molecular formula is C25H25FN4. The average molecular weight is 401 g/mol. The molecule has 4 nitrogen and oxygen atoms in total. The summed E-state index contributed by atoms with van der Waals surface area (Å²) in [6.45, 7) is 4.15.